The Hall–Kier alpha value is -0.440. The van der Waals surface area contributed by atoms with E-state index in [9.17, 15) is 8.78 Å². The van der Waals surface area contributed by atoms with Gasteiger partial charge in [-0.15, -0.1) is 0 Å². The predicted octanol–water partition coefficient (Wildman–Crippen LogP) is 4.71. The third-order valence-electron chi connectivity index (χ3n) is 2.46. The molecule has 90 valence electrons. The molecule has 0 amide bonds. The zero-order valence-electron chi connectivity index (χ0n) is 9.64. The largest absolute Gasteiger partial charge is 0.207 e. The molecule has 0 aliphatic carbocycles. The van der Waals surface area contributed by atoms with E-state index in [0.29, 0.717) is 22.7 Å². The minimum Gasteiger partial charge on any atom is -0.207 e. The zero-order valence-corrected chi connectivity index (χ0v) is 11.2. The van der Waals surface area contributed by atoms with Crippen LogP contribution >= 0.6 is 15.9 Å². The topological polar surface area (TPSA) is 0 Å². The first-order chi connectivity index (χ1) is 7.49. The van der Waals surface area contributed by atoms with Crippen molar-refractivity contribution in [2.24, 2.45) is 5.92 Å². The highest BCUT2D eigenvalue weighted by Crippen LogP contribution is 2.20. The van der Waals surface area contributed by atoms with E-state index in [0.717, 1.165) is 18.9 Å². The van der Waals surface area contributed by atoms with Crippen molar-refractivity contribution in [3.8, 4) is 0 Å². The van der Waals surface area contributed by atoms with E-state index in [1.165, 1.54) is 12.1 Å². The molecule has 0 aliphatic heterocycles. The molecule has 1 atom stereocenters. The zero-order chi connectivity index (χ0) is 12.1. The van der Waals surface area contributed by atoms with E-state index >= 15 is 0 Å². The van der Waals surface area contributed by atoms with Gasteiger partial charge in [0.05, 0.1) is 0 Å². The van der Waals surface area contributed by atoms with Crippen LogP contribution in [-0.2, 0) is 6.42 Å². The van der Waals surface area contributed by atoms with Gasteiger partial charge >= 0.3 is 0 Å². The maximum Gasteiger partial charge on any atom is 0.126 e. The summed E-state index contributed by atoms with van der Waals surface area (Å²) in [6, 6.07) is 3.62. The lowest BCUT2D eigenvalue weighted by Gasteiger charge is -2.12. The summed E-state index contributed by atoms with van der Waals surface area (Å²) < 4.78 is 26.2. The maximum atomic E-state index is 13.3. The van der Waals surface area contributed by atoms with Crippen LogP contribution in [0.1, 0.15) is 32.3 Å². The minimum atomic E-state index is -0.369. The molecule has 0 nitrogen and oxygen atoms in total. The quantitative estimate of drug-likeness (QED) is 0.689. The molecule has 0 radical (unpaired) electrons. The Morgan fingerprint density at radius 3 is 2.56 bits per heavy atom. The molecule has 0 bridgehead atoms. The Balaban J connectivity index is 2.51. The van der Waals surface area contributed by atoms with Gasteiger partial charge in [-0.2, -0.15) is 0 Å². The highest BCUT2D eigenvalue weighted by molar-refractivity contribution is 9.09. The van der Waals surface area contributed by atoms with Gasteiger partial charge in [-0.05, 0) is 48.9 Å². The number of halogens is 3. The highest BCUT2D eigenvalue weighted by Gasteiger charge is 2.09. The molecule has 0 aromatic heterocycles. The van der Waals surface area contributed by atoms with Crippen LogP contribution in [0.15, 0.2) is 18.2 Å². The Kier molecular flexibility index (Phi) is 5.39. The first-order valence-electron chi connectivity index (χ1n) is 5.57. The van der Waals surface area contributed by atoms with Gasteiger partial charge in [0.15, 0.2) is 0 Å². The molecular formula is C13H17BrF2. The molecule has 0 fully saturated rings. The van der Waals surface area contributed by atoms with Gasteiger partial charge in [-0.25, -0.2) is 8.78 Å². The average molecular weight is 291 g/mol. The van der Waals surface area contributed by atoms with Gasteiger partial charge in [0.2, 0.25) is 0 Å². The molecular weight excluding hydrogens is 274 g/mol. The Labute approximate surface area is 104 Å². The van der Waals surface area contributed by atoms with Crippen molar-refractivity contribution in [1.29, 1.82) is 0 Å². The lowest BCUT2D eigenvalue weighted by molar-refractivity contribution is 0.543. The number of rotatable bonds is 5. The van der Waals surface area contributed by atoms with Crippen LogP contribution in [0, 0.1) is 17.6 Å². The number of aryl methyl sites for hydroxylation is 1. The number of alkyl halides is 1. The Bertz CT molecular complexity index is 337. The van der Waals surface area contributed by atoms with Crippen molar-refractivity contribution < 1.29 is 8.78 Å². The second-order valence-electron chi connectivity index (χ2n) is 4.50. The smallest absolute Gasteiger partial charge is 0.126 e. The van der Waals surface area contributed by atoms with E-state index < -0.39 is 0 Å². The molecule has 0 N–H and O–H groups in total. The second-order valence-corrected chi connectivity index (χ2v) is 5.80. The van der Waals surface area contributed by atoms with Crippen molar-refractivity contribution >= 4 is 15.9 Å². The molecule has 3 heteroatoms. The van der Waals surface area contributed by atoms with Crippen LogP contribution in [0.4, 0.5) is 8.78 Å². The fraction of sp³-hybridized carbons (Fsp3) is 0.538. The van der Waals surface area contributed by atoms with E-state index in [-0.39, 0.29) is 11.6 Å². The SMILES string of the molecule is CC(C)CC(Br)CCc1cc(F)ccc1F. The van der Waals surface area contributed by atoms with Gasteiger partial charge in [-0.1, -0.05) is 29.8 Å². The molecule has 0 heterocycles. The van der Waals surface area contributed by atoms with E-state index in [4.69, 9.17) is 0 Å². The van der Waals surface area contributed by atoms with Gasteiger partial charge in [0.1, 0.15) is 11.6 Å². The van der Waals surface area contributed by atoms with Crippen molar-refractivity contribution in [1.82, 2.24) is 0 Å². The third kappa shape index (κ3) is 4.60. The lowest BCUT2D eigenvalue weighted by Crippen LogP contribution is -2.05. The molecule has 0 aliphatic rings. The van der Waals surface area contributed by atoms with Crippen LogP contribution in [0.3, 0.4) is 0 Å². The molecule has 0 spiro atoms. The Morgan fingerprint density at radius 1 is 1.25 bits per heavy atom. The third-order valence-corrected chi connectivity index (χ3v) is 3.29. The standard InChI is InChI=1S/C13H17BrF2/c1-9(2)7-11(14)4-3-10-8-12(15)5-6-13(10)16/h5-6,8-9,11H,3-4,7H2,1-2H3. The first-order valence-corrected chi connectivity index (χ1v) is 6.48. The fourth-order valence-electron chi connectivity index (χ4n) is 1.68. The van der Waals surface area contributed by atoms with E-state index in [1.54, 1.807) is 0 Å². The van der Waals surface area contributed by atoms with Gasteiger partial charge in [0.25, 0.3) is 0 Å². The van der Waals surface area contributed by atoms with Crippen molar-refractivity contribution in [2.45, 2.75) is 37.9 Å². The van der Waals surface area contributed by atoms with Crippen molar-refractivity contribution in [2.75, 3.05) is 0 Å². The number of benzene rings is 1. The van der Waals surface area contributed by atoms with Gasteiger partial charge in [-0.3, -0.25) is 0 Å². The van der Waals surface area contributed by atoms with Crippen LogP contribution in [-0.4, -0.2) is 4.83 Å². The van der Waals surface area contributed by atoms with Gasteiger partial charge < -0.3 is 0 Å². The molecule has 1 aromatic rings. The summed E-state index contributed by atoms with van der Waals surface area (Å²) in [5.74, 6) is -0.0706. The van der Waals surface area contributed by atoms with Crippen molar-refractivity contribution in [3.63, 3.8) is 0 Å². The summed E-state index contributed by atoms with van der Waals surface area (Å²) in [5.41, 5.74) is 0.466. The maximum absolute atomic E-state index is 13.3. The summed E-state index contributed by atoms with van der Waals surface area (Å²) >= 11 is 3.56. The van der Waals surface area contributed by atoms with E-state index in [1.807, 2.05) is 0 Å². The molecule has 0 saturated heterocycles. The molecule has 0 saturated carbocycles. The molecule has 1 aromatic carbocycles. The second kappa shape index (κ2) is 6.33. The summed E-state index contributed by atoms with van der Waals surface area (Å²) in [6.07, 6.45) is 2.46. The first kappa shape index (κ1) is 13.6. The van der Waals surface area contributed by atoms with Crippen LogP contribution in [0.5, 0.6) is 0 Å². The highest BCUT2D eigenvalue weighted by atomic mass is 79.9. The number of hydrogen-bond donors (Lipinski definition) is 0. The van der Waals surface area contributed by atoms with Gasteiger partial charge in [0, 0.05) is 4.83 Å². The number of hydrogen-bond acceptors (Lipinski definition) is 0. The monoisotopic (exact) mass is 290 g/mol. The fourth-order valence-corrected chi connectivity index (χ4v) is 2.65. The van der Waals surface area contributed by atoms with Crippen molar-refractivity contribution in [3.05, 3.63) is 35.4 Å². The average Bonchev–Trinajstić information content (AvgIpc) is 2.18. The predicted molar refractivity (Wildman–Crippen MR) is 66.8 cm³/mol. The molecule has 1 rings (SSSR count). The summed E-state index contributed by atoms with van der Waals surface area (Å²) in [5, 5.41) is 0. The normalized spacial score (nSPS) is 13.1. The minimum absolute atomic E-state index is 0.314. The van der Waals surface area contributed by atoms with Crippen LogP contribution in [0.25, 0.3) is 0 Å². The molecule has 1 unspecified atom stereocenters. The molecule has 16 heavy (non-hydrogen) atoms. The van der Waals surface area contributed by atoms with Crippen LogP contribution in [0.2, 0.25) is 0 Å². The summed E-state index contributed by atoms with van der Waals surface area (Å²) in [4.78, 5) is 0.371. The summed E-state index contributed by atoms with van der Waals surface area (Å²) in [6.45, 7) is 4.30. The van der Waals surface area contributed by atoms with Crippen LogP contribution < -0.4 is 0 Å². The summed E-state index contributed by atoms with van der Waals surface area (Å²) in [7, 11) is 0. The van der Waals surface area contributed by atoms with E-state index in [2.05, 4.69) is 29.8 Å². The Morgan fingerprint density at radius 2 is 1.94 bits per heavy atom. The lowest BCUT2D eigenvalue weighted by atomic mass is 10.0.